The van der Waals surface area contributed by atoms with Crippen molar-refractivity contribution in [2.45, 2.75) is 64.8 Å². The molecule has 0 N–H and O–H groups in total. The Morgan fingerprint density at radius 3 is 2.45 bits per heavy atom. The number of hydrogen-bond donors (Lipinski definition) is 0. The highest BCUT2D eigenvalue weighted by Crippen LogP contribution is 2.54. The molecule has 0 bridgehead atoms. The quantitative estimate of drug-likeness (QED) is 0.483. The highest BCUT2D eigenvalue weighted by molar-refractivity contribution is 5.90. The molecule has 2 aliphatic heterocycles. The Hall–Kier alpha value is -3.30. The van der Waals surface area contributed by atoms with Gasteiger partial charge in [-0.05, 0) is 40.7 Å². The van der Waals surface area contributed by atoms with E-state index in [1.54, 1.807) is 52.8 Å². The Bertz CT molecular complexity index is 987. The van der Waals surface area contributed by atoms with E-state index in [1.165, 1.54) is 18.2 Å². The molecule has 2 aliphatic rings. The van der Waals surface area contributed by atoms with Crippen molar-refractivity contribution in [2.24, 2.45) is 0 Å². The second-order valence-corrected chi connectivity index (χ2v) is 8.84. The Labute approximate surface area is 192 Å². The summed E-state index contributed by atoms with van der Waals surface area (Å²) in [5.41, 5.74) is -1.13. The number of methoxy groups -OCH3 is 1. The number of esters is 1. The number of hydrazine groups is 1. The molecule has 0 aromatic heterocycles. The maximum Gasteiger partial charge on any atom is 0.510 e. The predicted octanol–water partition coefficient (Wildman–Crippen LogP) is 4.23. The van der Waals surface area contributed by atoms with Crippen molar-refractivity contribution < 1.29 is 37.7 Å². The smallest absolute Gasteiger partial charge is 0.463 e. The van der Waals surface area contributed by atoms with E-state index in [2.05, 4.69) is 0 Å². The van der Waals surface area contributed by atoms with E-state index >= 15 is 4.39 Å². The molecule has 1 aromatic rings. The second kappa shape index (κ2) is 8.92. The minimum absolute atomic E-state index is 0.0253. The molecule has 3 rings (SSSR count). The monoisotopic (exact) mass is 464 g/mol. The van der Waals surface area contributed by atoms with E-state index in [0.717, 1.165) is 5.01 Å². The molecule has 1 aromatic carbocycles. The zero-order valence-electron chi connectivity index (χ0n) is 19.6. The van der Waals surface area contributed by atoms with Crippen molar-refractivity contribution in [3.05, 3.63) is 46.9 Å². The molecule has 9 nitrogen and oxygen atoms in total. The van der Waals surface area contributed by atoms with Gasteiger partial charge in [-0.15, -0.1) is 0 Å². The predicted molar refractivity (Wildman–Crippen MR) is 114 cm³/mol. The molecule has 0 radical (unpaired) electrons. The number of allylic oxidation sites excluding steroid dienone is 1. The van der Waals surface area contributed by atoms with Crippen molar-refractivity contribution in [1.29, 1.82) is 0 Å². The summed E-state index contributed by atoms with van der Waals surface area (Å²) in [7, 11) is 1.18. The fourth-order valence-corrected chi connectivity index (χ4v) is 4.34. The van der Waals surface area contributed by atoms with Gasteiger partial charge in [-0.25, -0.2) is 18.8 Å². The van der Waals surface area contributed by atoms with E-state index in [9.17, 15) is 14.4 Å². The van der Waals surface area contributed by atoms with Crippen LogP contribution in [-0.4, -0.2) is 53.8 Å². The molecule has 1 fully saturated rings. The fraction of sp³-hybridized carbons (Fsp3) is 0.522. The van der Waals surface area contributed by atoms with E-state index in [0.29, 0.717) is 11.3 Å². The van der Waals surface area contributed by atoms with Gasteiger partial charge in [-0.2, -0.15) is 5.01 Å². The summed E-state index contributed by atoms with van der Waals surface area (Å²) in [6.07, 6.45) is -2.97. The van der Waals surface area contributed by atoms with Crippen LogP contribution in [-0.2, 0) is 29.3 Å². The topological polar surface area (TPSA) is 94.6 Å². The van der Waals surface area contributed by atoms with Crippen molar-refractivity contribution in [2.75, 3.05) is 13.7 Å². The van der Waals surface area contributed by atoms with Crippen molar-refractivity contribution >= 4 is 18.2 Å². The minimum Gasteiger partial charge on any atom is -0.463 e. The van der Waals surface area contributed by atoms with Gasteiger partial charge in [0.1, 0.15) is 11.4 Å². The number of halogens is 1. The summed E-state index contributed by atoms with van der Waals surface area (Å²) < 4.78 is 35.9. The molecular formula is C23H29FN2O7. The first kappa shape index (κ1) is 24.3. The fourth-order valence-electron chi connectivity index (χ4n) is 4.34. The molecular weight excluding hydrogens is 435 g/mol. The Morgan fingerprint density at radius 1 is 1.21 bits per heavy atom. The zero-order chi connectivity index (χ0) is 24.6. The number of ether oxygens (including phenoxy) is 4. The van der Waals surface area contributed by atoms with Crippen LogP contribution in [0.1, 0.15) is 53.0 Å². The normalized spacial score (nSPS) is 22.2. The highest BCUT2D eigenvalue weighted by atomic mass is 19.1. The van der Waals surface area contributed by atoms with Gasteiger partial charge in [0, 0.05) is 24.1 Å². The van der Waals surface area contributed by atoms with E-state index in [1.807, 2.05) is 0 Å². The lowest BCUT2D eigenvalue weighted by Crippen LogP contribution is -2.49. The van der Waals surface area contributed by atoms with E-state index in [-0.39, 0.29) is 25.0 Å². The molecule has 33 heavy (non-hydrogen) atoms. The van der Waals surface area contributed by atoms with Crippen molar-refractivity contribution in [3.63, 3.8) is 0 Å². The number of hydrogen-bond acceptors (Lipinski definition) is 8. The van der Waals surface area contributed by atoms with Crippen molar-refractivity contribution in [1.82, 2.24) is 10.0 Å². The minimum atomic E-state index is -1.22. The van der Waals surface area contributed by atoms with Gasteiger partial charge in [-0.3, -0.25) is 5.01 Å². The molecule has 1 saturated heterocycles. The van der Waals surface area contributed by atoms with Gasteiger partial charge in [0.2, 0.25) is 6.23 Å². The van der Waals surface area contributed by atoms with Crippen LogP contribution in [0.4, 0.5) is 14.0 Å². The lowest BCUT2D eigenvalue weighted by molar-refractivity contribution is -0.138. The number of carbonyl (C=O) groups is 3. The Balaban J connectivity index is 2.12. The van der Waals surface area contributed by atoms with E-state index in [4.69, 9.17) is 18.9 Å². The lowest BCUT2D eigenvalue weighted by Gasteiger charge is -2.38. The zero-order valence-corrected chi connectivity index (χ0v) is 19.6. The molecule has 10 heteroatoms. The standard InChI is InChI=1S/C23H29FN2O7/c1-7-31-19(27)15-12-23(16-10-8-9-11-17(16)24)13-18(32-21(29)33-22(3,4)5)25(20(28)30-6)26(23)14(15)2/h8-11,18H,7,12-13H2,1-6H3/t18-,23+/m1/s1. The summed E-state index contributed by atoms with van der Waals surface area (Å²) in [5.74, 6) is -1.09. The van der Waals surface area contributed by atoms with Crippen LogP contribution >= 0.6 is 0 Å². The van der Waals surface area contributed by atoms with Gasteiger partial charge in [-0.1, -0.05) is 18.2 Å². The van der Waals surface area contributed by atoms with Crippen LogP contribution < -0.4 is 0 Å². The van der Waals surface area contributed by atoms with Gasteiger partial charge < -0.3 is 18.9 Å². The lowest BCUT2D eigenvalue weighted by atomic mass is 9.83. The summed E-state index contributed by atoms with van der Waals surface area (Å²) >= 11 is 0. The summed E-state index contributed by atoms with van der Waals surface area (Å²) in [6, 6.07) is 6.08. The molecule has 2 atom stereocenters. The van der Waals surface area contributed by atoms with Crippen LogP contribution in [0.5, 0.6) is 0 Å². The molecule has 0 aliphatic carbocycles. The average molecular weight is 464 g/mol. The van der Waals surface area contributed by atoms with Crippen molar-refractivity contribution in [3.8, 4) is 0 Å². The summed E-state index contributed by atoms with van der Waals surface area (Å²) in [6.45, 7) is 8.51. The molecule has 0 saturated carbocycles. The Kier molecular flexibility index (Phi) is 6.58. The first-order valence-electron chi connectivity index (χ1n) is 10.6. The van der Waals surface area contributed by atoms with Gasteiger partial charge in [0.15, 0.2) is 0 Å². The first-order chi connectivity index (χ1) is 15.4. The summed E-state index contributed by atoms with van der Waals surface area (Å²) in [5, 5.41) is 2.55. The SMILES string of the molecule is CCOC(=O)C1=C(C)N2N(C(=O)OC)[C@H](OC(=O)OC(C)(C)C)C[C@]2(c2ccccc2F)C1. The number of rotatable bonds is 4. The second-order valence-electron chi connectivity index (χ2n) is 8.84. The molecule has 2 heterocycles. The third-order valence-corrected chi connectivity index (χ3v) is 5.51. The van der Waals surface area contributed by atoms with E-state index < -0.39 is 41.4 Å². The summed E-state index contributed by atoms with van der Waals surface area (Å²) in [4.78, 5) is 37.9. The Morgan fingerprint density at radius 2 is 1.88 bits per heavy atom. The number of benzene rings is 1. The molecule has 180 valence electrons. The number of carbonyl (C=O) groups excluding carboxylic acids is 3. The third kappa shape index (κ3) is 4.46. The third-order valence-electron chi connectivity index (χ3n) is 5.51. The highest BCUT2D eigenvalue weighted by Gasteiger charge is 2.61. The maximum atomic E-state index is 15.1. The van der Waals surface area contributed by atoms with Crippen LogP contribution in [0.2, 0.25) is 0 Å². The van der Waals surface area contributed by atoms with Crippen LogP contribution in [0.3, 0.4) is 0 Å². The molecule has 1 amide bonds. The van der Waals surface area contributed by atoms with Gasteiger partial charge >= 0.3 is 18.2 Å². The van der Waals surface area contributed by atoms with Gasteiger partial charge in [0.25, 0.3) is 0 Å². The van der Waals surface area contributed by atoms with Crippen LogP contribution in [0.15, 0.2) is 35.5 Å². The number of nitrogens with zero attached hydrogens (tertiary/aromatic N) is 2. The molecule has 0 unspecified atom stereocenters. The average Bonchev–Trinajstić information content (AvgIpc) is 3.18. The maximum absolute atomic E-state index is 15.1. The molecule has 0 spiro atoms. The number of fused-ring (bicyclic) bond motifs is 1. The van der Waals surface area contributed by atoms with Gasteiger partial charge in [0.05, 0.1) is 24.8 Å². The van der Waals surface area contributed by atoms with Crippen LogP contribution in [0.25, 0.3) is 0 Å². The number of amides is 1. The first-order valence-corrected chi connectivity index (χ1v) is 10.6. The van der Waals surface area contributed by atoms with Crippen LogP contribution in [0, 0.1) is 5.82 Å². The largest absolute Gasteiger partial charge is 0.510 e.